The normalized spacial score (nSPS) is 30.4. The van der Waals surface area contributed by atoms with Gasteiger partial charge in [-0.3, -0.25) is 0 Å². The van der Waals surface area contributed by atoms with Gasteiger partial charge in [-0.15, -0.1) is 0 Å². The zero-order valence-corrected chi connectivity index (χ0v) is 12.1. The van der Waals surface area contributed by atoms with Gasteiger partial charge >= 0.3 is 0 Å². The summed E-state index contributed by atoms with van der Waals surface area (Å²) in [6, 6.07) is 0.569. The van der Waals surface area contributed by atoms with Crippen molar-refractivity contribution in [2.75, 3.05) is 18.6 Å². The summed E-state index contributed by atoms with van der Waals surface area (Å²) < 4.78 is 22.8. The van der Waals surface area contributed by atoms with Gasteiger partial charge in [0, 0.05) is 18.8 Å². The standard InChI is InChI=1S/C13H25NO2S/c1-12(2)6-4-5-11(12)14-9-13(7-8-13)10-17(3,15)16/h11,14H,4-10H2,1-3H3/t11-/m0/s1. The third kappa shape index (κ3) is 3.44. The van der Waals surface area contributed by atoms with Crippen molar-refractivity contribution in [3.8, 4) is 0 Å². The maximum Gasteiger partial charge on any atom is 0.148 e. The monoisotopic (exact) mass is 259 g/mol. The first-order valence-electron chi connectivity index (χ1n) is 6.64. The number of rotatable bonds is 5. The molecule has 1 atom stereocenters. The van der Waals surface area contributed by atoms with Crippen LogP contribution in [0.5, 0.6) is 0 Å². The molecule has 0 spiro atoms. The van der Waals surface area contributed by atoms with E-state index in [0.29, 0.717) is 17.2 Å². The highest BCUT2D eigenvalue weighted by Crippen LogP contribution is 2.47. The lowest BCUT2D eigenvalue weighted by Crippen LogP contribution is -2.42. The Morgan fingerprint density at radius 1 is 1.24 bits per heavy atom. The van der Waals surface area contributed by atoms with Gasteiger partial charge in [0.15, 0.2) is 0 Å². The first-order chi connectivity index (χ1) is 7.73. The van der Waals surface area contributed by atoms with E-state index >= 15 is 0 Å². The van der Waals surface area contributed by atoms with Crippen LogP contribution in [0.3, 0.4) is 0 Å². The molecule has 0 aromatic rings. The Morgan fingerprint density at radius 2 is 1.88 bits per heavy atom. The predicted octanol–water partition coefficient (Wildman–Crippen LogP) is 1.98. The second-order valence-electron chi connectivity index (χ2n) is 6.88. The van der Waals surface area contributed by atoms with E-state index in [4.69, 9.17) is 0 Å². The summed E-state index contributed by atoms with van der Waals surface area (Å²) in [6.45, 7) is 5.51. The lowest BCUT2D eigenvalue weighted by molar-refractivity contribution is 0.271. The molecule has 0 amide bonds. The van der Waals surface area contributed by atoms with E-state index < -0.39 is 9.84 Å². The molecular formula is C13H25NO2S. The van der Waals surface area contributed by atoms with Gasteiger partial charge < -0.3 is 5.32 Å². The fourth-order valence-electron chi connectivity index (χ4n) is 3.15. The largest absolute Gasteiger partial charge is 0.313 e. The summed E-state index contributed by atoms with van der Waals surface area (Å²) in [5, 5.41) is 3.63. The molecule has 2 fully saturated rings. The summed E-state index contributed by atoms with van der Waals surface area (Å²) in [4.78, 5) is 0. The smallest absolute Gasteiger partial charge is 0.148 e. The van der Waals surface area contributed by atoms with Crippen LogP contribution in [0.15, 0.2) is 0 Å². The molecule has 2 aliphatic rings. The molecule has 2 saturated carbocycles. The number of nitrogens with one attached hydrogen (secondary N) is 1. The van der Waals surface area contributed by atoms with Crippen LogP contribution in [-0.4, -0.2) is 33.0 Å². The van der Waals surface area contributed by atoms with Crippen LogP contribution < -0.4 is 5.32 Å². The summed E-state index contributed by atoms with van der Waals surface area (Å²) in [6.07, 6.45) is 7.31. The molecule has 0 unspecified atom stereocenters. The lowest BCUT2D eigenvalue weighted by atomic mass is 9.87. The van der Waals surface area contributed by atoms with Gasteiger partial charge in [-0.05, 0) is 36.5 Å². The van der Waals surface area contributed by atoms with Crippen LogP contribution in [0.25, 0.3) is 0 Å². The first-order valence-corrected chi connectivity index (χ1v) is 8.70. The van der Waals surface area contributed by atoms with E-state index in [1.54, 1.807) is 0 Å². The Labute approximate surface area is 105 Å². The van der Waals surface area contributed by atoms with E-state index in [1.807, 2.05) is 0 Å². The lowest BCUT2D eigenvalue weighted by Gasteiger charge is -2.29. The second-order valence-corrected chi connectivity index (χ2v) is 9.02. The van der Waals surface area contributed by atoms with Crippen LogP contribution in [0.2, 0.25) is 0 Å². The van der Waals surface area contributed by atoms with Crippen molar-refractivity contribution in [2.45, 2.75) is 52.0 Å². The van der Waals surface area contributed by atoms with Crippen molar-refractivity contribution in [2.24, 2.45) is 10.8 Å². The van der Waals surface area contributed by atoms with E-state index in [1.165, 1.54) is 25.5 Å². The molecule has 0 aromatic heterocycles. The number of hydrogen-bond donors (Lipinski definition) is 1. The molecule has 2 aliphatic carbocycles. The zero-order chi connectivity index (χ0) is 12.7. The maximum absolute atomic E-state index is 11.4. The van der Waals surface area contributed by atoms with Gasteiger partial charge in [0.2, 0.25) is 0 Å². The third-order valence-electron chi connectivity index (χ3n) is 4.51. The molecule has 3 nitrogen and oxygen atoms in total. The Morgan fingerprint density at radius 3 is 2.29 bits per heavy atom. The van der Waals surface area contributed by atoms with E-state index in [2.05, 4.69) is 19.2 Å². The predicted molar refractivity (Wildman–Crippen MR) is 70.8 cm³/mol. The van der Waals surface area contributed by atoms with Crippen LogP contribution in [0.1, 0.15) is 46.0 Å². The molecule has 1 N–H and O–H groups in total. The molecule has 0 aliphatic heterocycles. The fraction of sp³-hybridized carbons (Fsp3) is 1.00. The Hall–Kier alpha value is -0.0900. The van der Waals surface area contributed by atoms with Crippen LogP contribution in [-0.2, 0) is 9.84 Å². The molecule has 0 aromatic carbocycles. The van der Waals surface area contributed by atoms with Crippen LogP contribution in [0.4, 0.5) is 0 Å². The Kier molecular flexibility index (Phi) is 3.32. The SMILES string of the molecule is CC1(C)CCC[C@@H]1NCC1(CS(C)(=O)=O)CC1. The summed E-state index contributed by atoms with van der Waals surface area (Å²) >= 11 is 0. The van der Waals surface area contributed by atoms with Gasteiger partial charge in [-0.2, -0.15) is 0 Å². The van der Waals surface area contributed by atoms with Gasteiger partial charge in [0.05, 0.1) is 5.75 Å². The van der Waals surface area contributed by atoms with E-state index in [0.717, 1.165) is 19.4 Å². The highest BCUT2D eigenvalue weighted by molar-refractivity contribution is 7.90. The van der Waals surface area contributed by atoms with Gasteiger partial charge in [-0.1, -0.05) is 20.3 Å². The molecule has 4 heteroatoms. The third-order valence-corrected chi connectivity index (χ3v) is 5.64. The van der Waals surface area contributed by atoms with Crippen molar-refractivity contribution in [1.29, 1.82) is 0 Å². The minimum atomic E-state index is -2.83. The van der Waals surface area contributed by atoms with Crippen molar-refractivity contribution < 1.29 is 8.42 Å². The summed E-state index contributed by atoms with van der Waals surface area (Å²) in [7, 11) is -2.83. The summed E-state index contributed by atoms with van der Waals surface area (Å²) in [5.41, 5.74) is 0.438. The Bertz CT molecular complexity index is 382. The van der Waals surface area contributed by atoms with Crippen molar-refractivity contribution >= 4 is 9.84 Å². The molecule has 17 heavy (non-hydrogen) atoms. The number of hydrogen-bond acceptors (Lipinski definition) is 3. The number of sulfone groups is 1. The minimum absolute atomic E-state index is 0.0618. The second kappa shape index (κ2) is 4.23. The minimum Gasteiger partial charge on any atom is -0.313 e. The van der Waals surface area contributed by atoms with Crippen molar-refractivity contribution in [1.82, 2.24) is 5.32 Å². The molecule has 0 radical (unpaired) electrons. The zero-order valence-electron chi connectivity index (χ0n) is 11.3. The fourth-order valence-corrected chi connectivity index (χ4v) is 4.65. The highest BCUT2D eigenvalue weighted by atomic mass is 32.2. The molecule has 0 saturated heterocycles. The molecule has 0 bridgehead atoms. The van der Waals surface area contributed by atoms with E-state index in [9.17, 15) is 8.42 Å². The van der Waals surface area contributed by atoms with Gasteiger partial charge in [-0.25, -0.2) is 8.42 Å². The van der Waals surface area contributed by atoms with Crippen LogP contribution in [0, 0.1) is 10.8 Å². The maximum atomic E-state index is 11.4. The van der Waals surface area contributed by atoms with Crippen molar-refractivity contribution in [3.05, 3.63) is 0 Å². The molecular weight excluding hydrogens is 234 g/mol. The van der Waals surface area contributed by atoms with Gasteiger partial charge in [0.25, 0.3) is 0 Å². The average molecular weight is 259 g/mol. The van der Waals surface area contributed by atoms with E-state index in [-0.39, 0.29) is 5.41 Å². The molecule has 2 rings (SSSR count). The Balaban J connectivity index is 1.86. The highest BCUT2D eigenvalue weighted by Gasteiger charge is 2.46. The first kappa shape index (κ1) is 13.3. The average Bonchev–Trinajstić information content (AvgIpc) is 2.79. The quantitative estimate of drug-likeness (QED) is 0.821. The van der Waals surface area contributed by atoms with Crippen LogP contribution >= 0.6 is 0 Å². The topological polar surface area (TPSA) is 46.2 Å². The summed E-state index contributed by atoms with van der Waals surface area (Å²) in [5.74, 6) is 0.361. The van der Waals surface area contributed by atoms with Gasteiger partial charge in [0.1, 0.15) is 9.84 Å². The van der Waals surface area contributed by atoms with Crippen molar-refractivity contribution in [3.63, 3.8) is 0 Å². The molecule has 100 valence electrons. The molecule has 0 heterocycles.